The lowest BCUT2D eigenvalue weighted by molar-refractivity contribution is -0.146. The van der Waals surface area contributed by atoms with E-state index in [2.05, 4.69) is 5.32 Å². The smallest absolute Gasteiger partial charge is 0.325 e. The van der Waals surface area contributed by atoms with E-state index >= 15 is 0 Å². The first-order valence-corrected chi connectivity index (χ1v) is 8.74. The van der Waals surface area contributed by atoms with Crippen molar-refractivity contribution in [1.82, 2.24) is 5.32 Å². The van der Waals surface area contributed by atoms with Crippen LogP contribution < -0.4 is 10.2 Å². The maximum absolute atomic E-state index is 12.4. The maximum atomic E-state index is 12.4. The molecule has 144 valence electrons. The van der Waals surface area contributed by atoms with Gasteiger partial charge in [-0.1, -0.05) is 35.9 Å². The van der Waals surface area contributed by atoms with Crippen LogP contribution >= 0.6 is 0 Å². The quantitative estimate of drug-likeness (QED) is 0.709. The van der Waals surface area contributed by atoms with Crippen molar-refractivity contribution < 1.29 is 19.1 Å². The third-order valence-corrected chi connectivity index (χ3v) is 3.85. The Bertz CT molecular complexity index is 875. The molecule has 0 aromatic heterocycles. The number of aryl methyl sites for hydroxylation is 1. The minimum atomic E-state index is -0.720. The zero-order chi connectivity index (χ0) is 20.4. The summed E-state index contributed by atoms with van der Waals surface area (Å²) < 4.78 is 4.97. The second-order valence-corrected chi connectivity index (χ2v) is 6.00. The Hall–Kier alpha value is -3.66. The number of nitriles is 1. The van der Waals surface area contributed by atoms with Crippen molar-refractivity contribution >= 4 is 23.5 Å². The number of esters is 1. The Morgan fingerprint density at radius 3 is 2.54 bits per heavy atom. The third kappa shape index (κ3) is 6.25. The molecule has 0 aliphatic carbocycles. The highest BCUT2D eigenvalue weighted by molar-refractivity contribution is 5.97. The molecule has 2 amide bonds. The van der Waals surface area contributed by atoms with Crippen LogP contribution in [0, 0.1) is 18.3 Å². The summed E-state index contributed by atoms with van der Waals surface area (Å²) in [6.07, 6.45) is 0.154. The molecule has 28 heavy (non-hydrogen) atoms. The summed E-state index contributed by atoms with van der Waals surface area (Å²) in [4.78, 5) is 37.7. The second kappa shape index (κ2) is 10.5. The van der Waals surface area contributed by atoms with Gasteiger partial charge in [-0.3, -0.25) is 14.4 Å². The summed E-state index contributed by atoms with van der Waals surface area (Å²) in [7, 11) is 0. The lowest BCUT2D eigenvalue weighted by Gasteiger charge is -2.21. The fraction of sp³-hybridized carbons (Fsp3) is 0.238. The molecule has 2 aromatic rings. The summed E-state index contributed by atoms with van der Waals surface area (Å²) in [6.45, 7) is 1.24. The molecule has 7 nitrogen and oxygen atoms in total. The average molecular weight is 379 g/mol. The molecule has 0 unspecified atom stereocenters. The lowest BCUT2D eigenvalue weighted by Crippen LogP contribution is -2.37. The molecule has 0 aliphatic rings. The number of nitrogens with one attached hydrogen (secondary N) is 1. The first-order valence-electron chi connectivity index (χ1n) is 8.74. The minimum Gasteiger partial charge on any atom is -0.454 e. The van der Waals surface area contributed by atoms with Crippen LogP contribution in [-0.2, 0) is 14.3 Å². The van der Waals surface area contributed by atoms with Gasteiger partial charge in [-0.15, -0.1) is 0 Å². The van der Waals surface area contributed by atoms with Crippen LogP contribution in [0.2, 0.25) is 0 Å². The fourth-order valence-corrected chi connectivity index (χ4v) is 2.48. The zero-order valence-corrected chi connectivity index (χ0v) is 15.6. The van der Waals surface area contributed by atoms with Crippen molar-refractivity contribution in [3.8, 4) is 6.07 Å². The fourth-order valence-electron chi connectivity index (χ4n) is 2.48. The second-order valence-electron chi connectivity index (χ2n) is 6.00. The molecule has 0 atom stereocenters. The van der Waals surface area contributed by atoms with E-state index in [1.165, 1.54) is 4.90 Å². The average Bonchev–Trinajstić information content (AvgIpc) is 2.71. The van der Waals surface area contributed by atoms with Crippen molar-refractivity contribution in [3.05, 3.63) is 65.7 Å². The van der Waals surface area contributed by atoms with Gasteiger partial charge in [0.1, 0.15) is 6.54 Å². The van der Waals surface area contributed by atoms with Gasteiger partial charge in [-0.2, -0.15) is 5.26 Å². The number of para-hydroxylation sites is 1. The van der Waals surface area contributed by atoms with E-state index in [0.29, 0.717) is 11.3 Å². The molecule has 2 aromatic carbocycles. The van der Waals surface area contributed by atoms with Gasteiger partial charge in [0.05, 0.1) is 12.5 Å². The molecule has 0 saturated carbocycles. The number of ether oxygens (including phenoxy) is 1. The number of benzene rings is 2. The Labute approximate surface area is 163 Å². The molecule has 2 rings (SSSR count). The van der Waals surface area contributed by atoms with Crippen molar-refractivity contribution in [3.63, 3.8) is 0 Å². The van der Waals surface area contributed by atoms with Crippen LogP contribution in [0.3, 0.4) is 0 Å². The highest BCUT2D eigenvalue weighted by Gasteiger charge is 2.17. The van der Waals surface area contributed by atoms with Crippen LogP contribution in [0.5, 0.6) is 0 Å². The SMILES string of the molecule is Cc1cccc(C(=O)NCC(=O)OCC(=O)N(CCC#N)c2ccccc2)c1. The summed E-state index contributed by atoms with van der Waals surface area (Å²) in [5.74, 6) is -1.56. The predicted molar refractivity (Wildman–Crippen MR) is 103 cm³/mol. The number of nitrogens with zero attached hydrogens (tertiary/aromatic N) is 2. The molecule has 0 aliphatic heterocycles. The Kier molecular flexibility index (Phi) is 7.73. The lowest BCUT2D eigenvalue weighted by atomic mass is 10.1. The molecular weight excluding hydrogens is 358 g/mol. The number of hydrogen-bond donors (Lipinski definition) is 1. The van der Waals surface area contributed by atoms with Gasteiger partial charge in [-0.25, -0.2) is 0 Å². The number of hydrogen-bond acceptors (Lipinski definition) is 5. The molecule has 0 radical (unpaired) electrons. The van der Waals surface area contributed by atoms with E-state index in [1.807, 2.05) is 25.1 Å². The standard InChI is InChI=1S/C21H21N3O4/c1-16-7-5-8-17(13-16)21(27)23-14-20(26)28-15-19(25)24(12-6-11-22)18-9-3-2-4-10-18/h2-5,7-10,13H,6,12,14-15H2,1H3,(H,23,27). The predicted octanol–water partition coefficient (Wildman–Crippen LogP) is 2.21. The number of amides is 2. The molecule has 0 fully saturated rings. The Morgan fingerprint density at radius 1 is 1.11 bits per heavy atom. The van der Waals surface area contributed by atoms with Crippen LogP contribution in [0.4, 0.5) is 5.69 Å². The first kappa shape index (κ1) is 20.6. The van der Waals surface area contributed by atoms with E-state index in [-0.39, 0.29) is 19.5 Å². The number of carbonyl (C=O) groups is 3. The van der Waals surface area contributed by atoms with E-state index in [1.54, 1.807) is 42.5 Å². The molecule has 0 saturated heterocycles. The van der Waals surface area contributed by atoms with Gasteiger partial charge in [0, 0.05) is 17.8 Å². The summed E-state index contributed by atoms with van der Waals surface area (Å²) in [6, 6.07) is 17.8. The van der Waals surface area contributed by atoms with Crippen LogP contribution in [0.25, 0.3) is 0 Å². The van der Waals surface area contributed by atoms with Gasteiger partial charge < -0.3 is 15.0 Å². The normalized spacial score (nSPS) is 9.86. The van der Waals surface area contributed by atoms with Crippen LogP contribution in [0.1, 0.15) is 22.3 Å². The minimum absolute atomic E-state index is 0.154. The van der Waals surface area contributed by atoms with Gasteiger partial charge in [0.2, 0.25) is 0 Å². The largest absolute Gasteiger partial charge is 0.454 e. The van der Waals surface area contributed by atoms with Crippen molar-refractivity contribution in [2.24, 2.45) is 0 Å². The number of carbonyl (C=O) groups excluding carboxylic acids is 3. The number of rotatable bonds is 8. The van der Waals surface area contributed by atoms with Crippen molar-refractivity contribution in [2.45, 2.75) is 13.3 Å². The summed E-state index contributed by atoms with van der Waals surface area (Å²) in [5, 5.41) is 11.2. The molecule has 1 N–H and O–H groups in total. The van der Waals surface area contributed by atoms with E-state index in [9.17, 15) is 14.4 Å². The molecule has 7 heteroatoms. The van der Waals surface area contributed by atoms with Gasteiger partial charge in [-0.05, 0) is 31.2 Å². The zero-order valence-electron chi connectivity index (χ0n) is 15.6. The molecular formula is C21H21N3O4. The maximum Gasteiger partial charge on any atom is 0.325 e. The Morgan fingerprint density at radius 2 is 1.86 bits per heavy atom. The molecule has 0 spiro atoms. The summed E-state index contributed by atoms with van der Waals surface area (Å²) in [5.41, 5.74) is 1.99. The van der Waals surface area contributed by atoms with E-state index < -0.39 is 24.4 Å². The first-order chi connectivity index (χ1) is 13.5. The van der Waals surface area contributed by atoms with E-state index in [0.717, 1.165) is 5.56 Å². The third-order valence-electron chi connectivity index (χ3n) is 3.85. The highest BCUT2D eigenvalue weighted by Crippen LogP contribution is 2.14. The Balaban J connectivity index is 1.85. The van der Waals surface area contributed by atoms with Crippen molar-refractivity contribution in [2.75, 3.05) is 24.6 Å². The van der Waals surface area contributed by atoms with Gasteiger partial charge >= 0.3 is 5.97 Å². The monoisotopic (exact) mass is 379 g/mol. The van der Waals surface area contributed by atoms with E-state index in [4.69, 9.17) is 10.00 Å². The molecule has 0 heterocycles. The van der Waals surface area contributed by atoms with Gasteiger partial charge in [0.25, 0.3) is 11.8 Å². The highest BCUT2D eigenvalue weighted by atomic mass is 16.5. The molecule has 0 bridgehead atoms. The van der Waals surface area contributed by atoms with Crippen LogP contribution in [-0.4, -0.2) is 37.5 Å². The van der Waals surface area contributed by atoms with Crippen molar-refractivity contribution in [1.29, 1.82) is 5.26 Å². The van der Waals surface area contributed by atoms with Gasteiger partial charge in [0.15, 0.2) is 6.61 Å². The summed E-state index contributed by atoms with van der Waals surface area (Å²) >= 11 is 0. The van der Waals surface area contributed by atoms with Crippen LogP contribution in [0.15, 0.2) is 54.6 Å². The number of anilines is 1. The topological polar surface area (TPSA) is 99.5 Å².